The first-order valence-electron chi connectivity index (χ1n) is 7.56. The first kappa shape index (κ1) is 17.0. The molecule has 0 saturated heterocycles. The third kappa shape index (κ3) is 5.91. The van der Waals surface area contributed by atoms with E-state index in [2.05, 4.69) is 26.8 Å². The van der Waals surface area contributed by atoms with Crippen LogP contribution in [0, 0.1) is 5.92 Å². The minimum absolute atomic E-state index is 0.0761. The molecule has 0 aromatic carbocycles. The van der Waals surface area contributed by atoms with Gasteiger partial charge >= 0.3 is 5.97 Å². The predicted octanol–water partition coefficient (Wildman–Crippen LogP) is 3.77. The lowest BCUT2D eigenvalue weighted by Crippen LogP contribution is -2.27. The molecule has 0 saturated carbocycles. The number of carbonyl (C=O) groups is 1. The van der Waals surface area contributed by atoms with Crippen LogP contribution in [0.5, 0.6) is 0 Å². The summed E-state index contributed by atoms with van der Waals surface area (Å²) in [5.74, 6) is 0.256. The van der Waals surface area contributed by atoms with Gasteiger partial charge in [0.15, 0.2) is 0 Å². The molecule has 20 heavy (non-hydrogen) atoms. The van der Waals surface area contributed by atoms with E-state index >= 15 is 0 Å². The van der Waals surface area contributed by atoms with Gasteiger partial charge in [-0.2, -0.15) is 0 Å². The van der Waals surface area contributed by atoms with E-state index in [1.165, 1.54) is 11.1 Å². The fourth-order valence-corrected chi connectivity index (χ4v) is 2.63. The number of rotatable bonds is 7. The van der Waals surface area contributed by atoms with Gasteiger partial charge < -0.3 is 9.84 Å². The minimum atomic E-state index is -0.988. The van der Waals surface area contributed by atoms with Crippen LogP contribution in [0.2, 0.25) is 0 Å². The molecule has 1 N–H and O–H groups in total. The summed E-state index contributed by atoms with van der Waals surface area (Å²) in [7, 11) is 0. The van der Waals surface area contributed by atoms with Gasteiger partial charge in [0.25, 0.3) is 0 Å². The molecule has 0 bridgehead atoms. The Morgan fingerprint density at radius 1 is 1.55 bits per heavy atom. The van der Waals surface area contributed by atoms with E-state index in [-0.39, 0.29) is 12.4 Å². The summed E-state index contributed by atoms with van der Waals surface area (Å²) in [5, 5.41) is 10.4. The summed E-state index contributed by atoms with van der Waals surface area (Å²) in [5.41, 5.74) is 1.63. The smallest absolute Gasteiger partial charge is 0.309 e. The van der Waals surface area contributed by atoms with E-state index in [9.17, 15) is 9.90 Å². The highest BCUT2D eigenvalue weighted by molar-refractivity contribution is 5.71. The van der Waals surface area contributed by atoms with Gasteiger partial charge in [-0.1, -0.05) is 30.2 Å². The highest BCUT2D eigenvalue weighted by Crippen LogP contribution is 2.34. The van der Waals surface area contributed by atoms with E-state index in [4.69, 9.17) is 4.74 Å². The molecule has 0 heterocycles. The first-order valence-corrected chi connectivity index (χ1v) is 7.56. The Morgan fingerprint density at radius 3 is 2.85 bits per heavy atom. The summed E-state index contributed by atoms with van der Waals surface area (Å²) in [4.78, 5) is 11.5. The van der Waals surface area contributed by atoms with Gasteiger partial charge in [-0.05, 0) is 52.4 Å². The fourth-order valence-electron chi connectivity index (χ4n) is 2.63. The zero-order chi connectivity index (χ0) is 15.2. The number of carbonyl (C=O) groups excluding carboxylic acids is 1. The van der Waals surface area contributed by atoms with Crippen molar-refractivity contribution < 1.29 is 14.6 Å². The molecule has 0 amide bonds. The van der Waals surface area contributed by atoms with Crippen LogP contribution in [0.25, 0.3) is 0 Å². The molecule has 0 aromatic rings. The zero-order valence-electron chi connectivity index (χ0n) is 13.2. The van der Waals surface area contributed by atoms with Crippen LogP contribution in [0.1, 0.15) is 59.8 Å². The average molecular weight is 280 g/mol. The zero-order valence-corrected chi connectivity index (χ0v) is 13.2. The van der Waals surface area contributed by atoms with Crippen molar-refractivity contribution in [1.82, 2.24) is 0 Å². The first-order chi connectivity index (χ1) is 9.34. The molecule has 1 aliphatic rings. The van der Waals surface area contributed by atoms with Crippen LogP contribution < -0.4 is 0 Å². The predicted molar refractivity (Wildman–Crippen MR) is 81.3 cm³/mol. The molecular formula is C17H28O3. The number of esters is 1. The Kier molecular flexibility index (Phi) is 6.47. The average Bonchev–Trinajstić information content (AvgIpc) is 2.68. The molecule has 3 heteroatoms. The van der Waals surface area contributed by atoms with Crippen LogP contribution in [-0.2, 0) is 9.53 Å². The summed E-state index contributed by atoms with van der Waals surface area (Å²) < 4.78 is 4.91. The second-order valence-corrected chi connectivity index (χ2v) is 6.21. The highest BCUT2D eigenvalue weighted by atomic mass is 16.5. The highest BCUT2D eigenvalue weighted by Gasteiger charge is 2.33. The van der Waals surface area contributed by atoms with Gasteiger partial charge in [-0.3, -0.25) is 4.79 Å². The number of hydrogen-bond acceptors (Lipinski definition) is 3. The van der Waals surface area contributed by atoms with E-state index < -0.39 is 5.60 Å². The third-order valence-corrected chi connectivity index (χ3v) is 3.65. The molecule has 0 aromatic heterocycles. The van der Waals surface area contributed by atoms with Crippen molar-refractivity contribution in [2.75, 3.05) is 6.61 Å². The lowest BCUT2D eigenvalue weighted by molar-refractivity contribution is -0.147. The van der Waals surface area contributed by atoms with E-state index in [0.29, 0.717) is 18.9 Å². The molecule has 0 fully saturated rings. The molecule has 1 rings (SSSR count). The molecule has 2 unspecified atom stereocenters. The maximum Gasteiger partial charge on any atom is 0.309 e. The van der Waals surface area contributed by atoms with Crippen LogP contribution in [0.15, 0.2) is 23.3 Å². The van der Waals surface area contributed by atoms with Gasteiger partial charge in [-0.15, -0.1) is 0 Å². The Bertz CT molecular complexity index is 391. The van der Waals surface area contributed by atoms with Crippen molar-refractivity contribution in [2.24, 2.45) is 5.92 Å². The largest absolute Gasteiger partial charge is 0.466 e. The minimum Gasteiger partial charge on any atom is -0.466 e. The van der Waals surface area contributed by atoms with Crippen molar-refractivity contribution in [2.45, 2.75) is 65.4 Å². The Hall–Kier alpha value is -1.09. The summed E-state index contributed by atoms with van der Waals surface area (Å²) in [6, 6.07) is 0. The van der Waals surface area contributed by atoms with Gasteiger partial charge in [0.05, 0.1) is 18.6 Å². The van der Waals surface area contributed by atoms with Crippen LogP contribution in [-0.4, -0.2) is 23.3 Å². The molecular weight excluding hydrogens is 252 g/mol. The Morgan fingerprint density at radius 2 is 2.25 bits per heavy atom. The Balaban J connectivity index is 2.51. The fraction of sp³-hybridized carbons (Fsp3) is 0.706. The van der Waals surface area contributed by atoms with Crippen molar-refractivity contribution in [3.8, 4) is 0 Å². The molecule has 3 nitrogen and oxygen atoms in total. The maximum atomic E-state index is 11.5. The summed E-state index contributed by atoms with van der Waals surface area (Å²) >= 11 is 0. The second kappa shape index (κ2) is 7.63. The van der Waals surface area contributed by atoms with Crippen molar-refractivity contribution in [3.05, 3.63) is 23.3 Å². The summed E-state index contributed by atoms with van der Waals surface area (Å²) in [6.07, 6.45) is 7.80. The standard InChI is InChI=1S/C17H28O3/c1-5-20-16(18)12-17(19)9-8-15(11-17)10-14(4)7-6-13(2)3/h6,11,14,19H,5,7-10,12H2,1-4H3. The SMILES string of the molecule is CCOC(=O)CC1(O)C=C(CC(C)CC=C(C)C)CC1. The normalized spacial score (nSPS) is 23.1. The quantitative estimate of drug-likeness (QED) is 0.570. The van der Waals surface area contributed by atoms with Gasteiger partial charge in [0.1, 0.15) is 0 Å². The molecule has 0 aliphatic heterocycles. The van der Waals surface area contributed by atoms with Crippen LogP contribution >= 0.6 is 0 Å². The second-order valence-electron chi connectivity index (χ2n) is 6.21. The number of allylic oxidation sites excluding steroid dienone is 3. The van der Waals surface area contributed by atoms with Crippen molar-refractivity contribution in [3.63, 3.8) is 0 Å². The molecule has 0 radical (unpaired) electrons. The summed E-state index contributed by atoms with van der Waals surface area (Å²) in [6.45, 7) is 8.59. The lowest BCUT2D eigenvalue weighted by Gasteiger charge is -2.18. The van der Waals surface area contributed by atoms with E-state index in [1.54, 1.807) is 6.92 Å². The Labute approximate surface area is 122 Å². The monoisotopic (exact) mass is 280 g/mol. The van der Waals surface area contributed by atoms with Gasteiger partial charge in [-0.25, -0.2) is 0 Å². The number of ether oxygens (including phenoxy) is 1. The number of hydrogen-bond donors (Lipinski definition) is 1. The van der Waals surface area contributed by atoms with E-state index in [1.807, 2.05) is 6.08 Å². The van der Waals surface area contributed by atoms with Crippen molar-refractivity contribution >= 4 is 5.97 Å². The molecule has 1 aliphatic carbocycles. The van der Waals surface area contributed by atoms with Crippen LogP contribution in [0.3, 0.4) is 0 Å². The third-order valence-electron chi connectivity index (χ3n) is 3.65. The lowest BCUT2D eigenvalue weighted by atomic mass is 9.97. The van der Waals surface area contributed by atoms with Gasteiger partial charge in [0.2, 0.25) is 0 Å². The van der Waals surface area contributed by atoms with Crippen molar-refractivity contribution in [1.29, 1.82) is 0 Å². The molecule has 2 atom stereocenters. The van der Waals surface area contributed by atoms with Gasteiger partial charge in [0, 0.05) is 0 Å². The maximum absolute atomic E-state index is 11.5. The molecule has 114 valence electrons. The van der Waals surface area contributed by atoms with E-state index in [0.717, 1.165) is 19.3 Å². The van der Waals surface area contributed by atoms with Crippen LogP contribution in [0.4, 0.5) is 0 Å². The number of aliphatic hydroxyl groups is 1. The molecule has 0 spiro atoms. The topological polar surface area (TPSA) is 46.5 Å².